The number of esters is 2. The normalized spacial score (nSPS) is 11.0. The topological polar surface area (TPSA) is 64.6 Å². The van der Waals surface area contributed by atoms with E-state index >= 15 is 0 Å². The van der Waals surface area contributed by atoms with E-state index in [1.807, 2.05) is 12.1 Å². The third kappa shape index (κ3) is 16.7. The van der Waals surface area contributed by atoms with Crippen molar-refractivity contribution >= 4 is 33.6 Å². The third-order valence-corrected chi connectivity index (χ3v) is 6.24. The zero-order chi connectivity index (χ0) is 24.7. The van der Waals surface area contributed by atoms with E-state index in [2.05, 4.69) is 21.2 Å². The molecule has 0 atom stereocenters. The first kappa shape index (κ1) is 30.2. The minimum absolute atomic E-state index is 0.282. The summed E-state index contributed by atoms with van der Waals surface area (Å²) in [4.78, 5) is 23.1. The molecule has 192 valence electrons. The van der Waals surface area contributed by atoms with Crippen molar-refractivity contribution in [2.45, 2.75) is 96.8 Å². The van der Waals surface area contributed by atoms with Gasteiger partial charge in [-0.2, -0.15) is 0 Å². The molecule has 0 aliphatic heterocycles. The Balaban J connectivity index is 1.97. The lowest BCUT2D eigenvalue weighted by atomic mass is 10.0. The van der Waals surface area contributed by atoms with Crippen LogP contribution >= 0.6 is 15.9 Å². The smallest absolute Gasteiger partial charge is 0.342 e. The van der Waals surface area contributed by atoms with Crippen molar-refractivity contribution in [1.82, 2.24) is 0 Å². The summed E-state index contributed by atoms with van der Waals surface area (Å²) in [6.07, 6.45) is 21.1. The Morgan fingerprint density at radius 3 is 1.79 bits per heavy atom. The summed E-state index contributed by atoms with van der Waals surface area (Å²) in [5.74, 6) is -1.04. The average Bonchev–Trinajstić information content (AvgIpc) is 2.84. The van der Waals surface area contributed by atoms with Crippen LogP contribution in [0.5, 0.6) is 0 Å². The van der Waals surface area contributed by atoms with E-state index in [-0.39, 0.29) is 6.61 Å². The van der Waals surface area contributed by atoms with Gasteiger partial charge in [-0.15, -0.1) is 0 Å². The molecule has 0 radical (unpaired) electrons. The fourth-order valence-electron chi connectivity index (χ4n) is 3.71. The lowest BCUT2D eigenvalue weighted by Gasteiger charge is -2.07. The second-order valence-corrected chi connectivity index (χ2v) is 9.40. The highest BCUT2D eigenvalue weighted by Crippen LogP contribution is 2.14. The Morgan fingerprint density at radius 1 is 0.794 bits per heavy atom. The quantitative estimate of drug-likeness (QED) is 0.0562. The predicted molar refractivity (Wildman–Crippen MR) is 145 cm³/mol. The van der Waals surface area contributed by atoms with Crippen LogP contribution in [-0.2, 0) is 14.3 Å². The van der Waals surface area contributed by atoms with Gasteiger partial charge in [-0.1, -0.05) is 93.0 Å². The third-order valence-electron chi connectivity index (χ3n) is 5.68. The Hall–Kier alpha value is -1.82. The number of unbranched alkanes of at least 4 members (excludes halogenated alkanes) is 13. The molecule has 5 nitrogen and oxygen atoms in total. The monoisotopic (exact) mass is 537 g/mol. The number of benzene rings is 1. The van der Waals surface area contributed by atoms with Crippen LogP contribution in [0.15, 0.2) is 36.6 Å². The second-order valence-electron chi connectivity index (χ2n) is 8.60. The summed E-state index contributed by atoms with van der Waals surface area (Å²) in [6, 6.07) is 7.17. The van der Waals surface area contributed by atoms with Gasteiger partial charge in [0.1, 0.15) is 6.26 Å². The number of rotatable bonds is 21. The molecule has 0 heterocycles. The van der Waals surface area contributed by atoms with Crippen LogP contribution in [0.2, 0.25) is 0 Å². The first-order chi connectivity index (χ1) is 16.7. The molecule has 1 aromatic rings. The van der Waals surface area contributed by atoms with Gasteiger partial charge in [0.05, 0.1) is 18.2 Å². The highest BCUT2D eigenvalue weighted by molar-refractivity contribution is 9.09. The number of hydrogen-bond acceptors (Lipinski definition) is 5. The molecule has 0 amide bonds. The highest BCUT2D eigenvalue weighted by atomic mass is 79.9. The summed E-state index contributed by atoms with van der Waals surface area (Å²) in [5, 5.41) is 4.55. The summed E-state index contributed by atoms with van der Waals surface area (Å²) in [5.41, 5.74) is 1.42. The molecule has 1 aromatic carbocycles. The van der Waals surface area contributed by atoms with Gasteiger partial charge < -0.3 is 14.8 Å². The maximum absolute atomic E-state index is 12.0. The molecule has 0 aliphatic carbocycles. The van der Waals surface area contributed by atoms with Gasteiger partial charge >= 0.3 is 11.9 Å². The van der Waals surface area contributed by atoms with Gasteiger partial charge in [-0.25, -0.2) is 9.59 Å². The first-order valence-corrected chi connectivity index (χ1v) is 14.2. The minimum atomic E-state index is -0.535. The average molecular weight is 539 g/mol. The van der Waals surface area contributed by atoms with Crippen molar-refractivity contribution in [2.24, 2.45) is 0 Å². The molecule has 0 fully saturated rings. The number of carbonyl (C=O) groups is 2. The van der Waals surface area contributed by atoms with E-state index in [1.54, 1.807) is 19.1 Å². The molecule has 0 saturated carbocycles. The summed E-state index contributed by atoms with van der Waals surface area (Å²) in [6.45, 7) is 2.93. The number of ether oxygens (including phenoxy) is 2. The fraction of sp³-hybridized carbons (Fsp3) is 0.643. The molecule has 0 spiro atoms. The SMILES string of the molecule is CCOC(=O)C=COC(=O)c1ccc(NCCCCCCCCCCCCCCCCBr)cc1. The number of carbonyl (C=O) groups excluding carboxylic acids is 2. The van der Waals surface area contributed by atoms with Crippen LogP contribution in [0.25, 0.3) is 0 Å². The number of halogens is 1. The largest absolute Gasteiger partial charge is 0.463 e. The van der Waals surface area contributed by atoms with Crippen molar-refractivity contribution < 1.29 is 19.1 Å². The van der Waals surface area contributed by atoms with E-state index in [4.69, 9.17) is 9.47 Å². The Kier molecular flexibility index (Phi) is 19.3. The first-order valence-electron chi connectivity index (χ1n) is 13.1. The van der Waals surface area contributed by atoms with Crippen LogP contribution < -0.4 is 5.32 Å². The fourth-order valence-corrected chi connectivity index (χ4v) is 4.10. The van der Waals surface area contributed by atoms with Crippen molar-refractivity contribution in [3.63, 3.8) is 0 Å². The van der Waals surface area contributed by atoms with Gasteiger partial charge in [-0.05, 0) is 44.0 Å². The number of hydrogen-bond donors (Lipinski definition) is 1. The van der Waals surface area contributed by atoms with Crippen molar-refractivity contribution in [1.29, 1.82) is 0 Å². The number of alkyl halides is 1. The Bertz CT molecular complexity index is 675. The molecule has 0 bridgehead atoms. The number of nitrogens with one attached hydrogen (secondary N) is 1. The van der Waals surface area contributed by atoms with Gasteiger partial charge in [0.2, 0.25) is 0 Å². The standard InChI is InChI=1S/C28H44BrNO4/c1-2-33-27(31)21-24-34-28(32)25-17-19-26(20-18-25)30-23-16-14-12-10-8-6-4-3-5-7-9-11-13-15-22-29/h17-21,24,30H,2-16,22-23H2,1H3. The molecule has 0 aliphatic rings. The molecule has 34 heavy (non-hydrogen) atoms. The molecule has 0 saturated heterocycles. The van der Waals surface area contributed by atoms with Crippen molar-refractivity contribution in [3.8, 4) is 0 Å². The van der Waals surface area contributed by atoms with E-state index < -0.39 is 11.9 Å². The summed E-state index contributed by atoms with van der Waals surface area (Å²) >= 11 is 3.49. The molecule has 1 rings (SSSR count). The summed E-state index contributed by atoms with van der Waals surface area (Å²) in [7, 11) is 0. The van der Waals surface area contributed by atoms with Crippen LogP contribution in [0, 0.1) is 0 Å². The summed E-state index contributed by atoms with van der Waals surface area (Å²) < 4.78 is 9.66. The van der Waals surface area contributed by atoms with Crippen molar-refractivity contribution in [3.05, 3.63) is 42.2 Å². The minimum Gasteiger partial charge on any atom is -0.463 e. The lowest BCUT2D eigenvalue weighted by Crippen LogP contribution is -2.04. The van der Waals surface area contributed by atoms with Gasteiger partial charge in [0.25, 0.3) is 0 Å². The van der Waals surface area contributed by atoms with Crippen LogP contribution in [0.4, 0.5) is 5.69 Å². The molecular weight excluding hydrogens is 494 g/mol. The van der Waals surface area contributed by atoms with Crippen LogP contribution in [-0.4, -0.2) is 30.4 Å². The van der Waals surface area contributed by atoms with E-state index in [1.165, 1.54) is 83.5 Å². The molecule has 0 unspecified atom stereocenters. The van der Waals surface area contributed by atoms with Gasteiger partial charge in [0, 0.05) is 17.6 Å². The Morgan fingerprint density at radius 2 is 1.29 bits per heavy atom. The molecular formula is C28H44BrNO4. The van der Waals surface area contributed by atoms with Gasteiger partial charge in [-0.3, -0.25) is 0 Å². The zero-order valence-electron chi connectivity index (χ0n) is 21.0. The maximum Gasteiger partial charge on any atom is 0.342 e. The molecule has 0 aromatic heterocycles. The molecule has 1 N–H and O–H groups in total. The highest BCUT2D eigenvalue weighted by Gasteiger charge is 2.06. The van der Waals surface area contributed by atoms with E-state index in [9.17, 15) is 9.59 Å². The number of anilines is 1. The van der Waals surface area contributed by atoms with Crippen molar-refractivity contribution in [2.75, 3.05) is 23.8 Å². The van der Waals surface area contributed by atoms with Crippen LogP contribution in [0.3, 0.4) is 0 Å². The lowest BCUT2D eigenvalue weighted by molar-refractivity contribution is -0.137. The maximum atomic E-state index is 12.0. The second kappa shape index (κ2) is 21.7. The van der Waals surface area contributed by atoms with E-state index in [0.29, 0.717) is 5.56 Å². The Labute approximate surface area is 215 Å². The molecule has 6 heteroatoms. The predicted octanol–water partition coefficient (Wildman–Crippen LogP) is 8.19. The zero-order valence-corrected chi connectivity index (χ0v) is 22.6. The van der Waals surface area contributed by atoms with Gasteiger partial charge in [0.15, 0.2) is 0 Å². The van der Waals surface area contributed by atoms with Crippen LogP contribution in [0.1, 0.15) is 107 Å². The van der Waals surface area contributed by atoms with E-state index in [0.717, 1.165) is 36.3 Å².